The molecule has 1 aromatic carbocycles. The van der Waals surface area contributed by atoms with Crippen molar-refractivity contribution in [3.8, 4) is 5.75 Å². The Morgan fingerprint density at radius 1 is 1.35 bits per heavy atom. The fourth-order valence-electron chi connectivity index (χ4n) is 2.61. The van der Waals surface area contributed by atoms with Gasteiger partial charge in [-0.05, 0) is 51.8 Å². The lowest BCUT2D eigenvalue weighted by Crippen LogP contribution is -2.41. The molecule has 2 N–H and O–H groups in total. The molecule has 0 saturated heterocycles. The average Bonchev–Trinajstić information content (AvgIpc) is 2.90. The second-order valence-corrected chi connectivity index (χ2v) is 7.14. The molecule has 0 aliphatic carbocycles. The van der Waals surface area contributed by atoms with Crippen molar-refractivity contribution in [1.82, 2.24) is 10.6 Å². The molecule has 0 saturated carbocycles. The molecule has 0 spiro atoms. The summed E-state index contributed by atoms with van der Waals surface area (Å²) < 4.78 is 10.8. The van der Waals surface area contributed by atoms with Gasteiger partial charge in [-0.25, -0.2) is 4.79 Å². The summed E-state index contributed by atoms with van der Waals surface area (Å²) >= 11 is 0. The third-order valence-corrected chi connectivity index (χ3v) is 3.70. The van der Waals surface area contributed by atoms with E-state index in [2.05, 4.69) is 29.7 Å². The number of rotatable bonds is 5. The van der Waals surface area contributed by atoms with E-state index in [0.717, 1.165) is 18.8 Å². The molecule has 1 heterocycles. The van der Waals surface area contributed by atoms with E-state index in [1.807, 2.05) is 33.8 Å². The standard InChI is InChI=1S/C18H28N2O3/c1-12(11-19-17(21)23-18(3,4)5)20-13(2)14-6-7-16-15(10-14)8-9-22-16/h6-7,10,12-13,20H,8-9,11H2,1-5H3,(H,19,21). The van der Waals surface area contributed by atoms with Gasteiger partial charge >= 0.3 is 6.09 Å². The van der Waals surface area contributed by atoms with Crippen LogP contribution in [0.5, 0.6) is 5.75 Å². The smallest absolute Gasteiger partial charge is 0.407 e. The maximum Gasteiger partial charge on any atom is 0.407 e. The Morgan fingerprint density at radius 2 is 2.09 bits per heavy atom. The van der Waals surface area contributed by atoms with E-state index < -0.39 is 5.60 Å². The first-order valence-electron chi connectivity index (χ1n) is 8.23. The Balaban J connectivity index is 1.80. The molecule has 0 fully saturated rings. The summed E-state index contributed by atoms with van der Waals surface area (Å²) in [6.45, 7) is 11.0. The third-order valence-electron chi connectivity index (χ3n) is 3.70. The lowest BCUT2D eigenvalue weighted by atomic mass is 10.0. The quantitative estimate of drug-likeness (QED) is 0.875. The summed E-state index contributed by atoms with van der Waals surface area (Å²) in [6, 6.07) is 6.68. The van der Waals surface area contributed by atoms with E-state index in [0.29, 0.717) is 6.54 Å². The number of amides is 1. The van der Waals surface area contributed by atoms with Crippen LogP contribution in [0.1, 0.15) is 51.8 Å². The monoisotopic (exact) mass is 320 g/mol. The third kappa shape index (κ3) is 5.43. The van der Waals surface area contributed by atoms with Crippen LogP contribution < -0.4 is 15.4 Å². The van der Waals surface area contributed by atoms with Crippen molar-refractivity contribution >= 4 is 6.09 Å². The van der Waals surface area contributed by atoms with E-state index in [-0.39, 0.29) is 18.2 Å². The van der Waals surface area contributed by atoms with Gasteiger partial charge < -0.3 is 20.1 Å². The number of benzene rings is 1. The van der Waals surface area contributed by atoms with Crippen LogP contribution in [-0.4, -0.2) is 30.9 Å². The second-order valence-electron chi connectivity index (χ2n) is 7.14. The molecular formula is C18H28N2O3. The van der Waals surface area contributed by atoms with Crippen molar-refractivity contribution in [1.29, 1.82) is 0 Å². The number of ether oxygens (including phenoxy) is 2. The molecule has 0 radical (unpaired) electrons. The molecule has 1 aliphatic rings. The summed E-state index contributed by atoms with van der Waals surface area (Å²) in [5, 5.41) is 6.29. The normalized spacial score (nSPS) is 16.2. The summed E-state index contributed by atoms with van der Waals surface area (Å²) in [5.41, 5.74) is 2.04. The zero-order chi connectivity index (χ0) is 17.0. The summed E-state index contributed by atoms with van der Waals surface area (Å²) in [5.74, 6) is 1.00. The van der Waals surface area contributed by atoms with Gasteiger partial charge in [0.05, 0.1) is 6.61 Å². The molecule has 2 unspecified atom stereocenters. The minimum absolute atomic E-state index is 0.141. The minimum Gasteiger partial charge on any atom is -0.493 e. The molecule has 1 aliphatic heterocycles. The van der Waals surface area contributed by atoms with Gasteiger partial charge in [0.1, 0.15) is 11.4 Å². The van der Waals surface area contributed by atoms with Gasteiger partial charge in [-0.15, -0.1) is 0 Å². The van der Waals surface area contributed by atoms with Crippen LogP contribution in [0.4, 0.5) is 4.79 Å². The number of nitrogens with one attached hydrogen (secondary N) is 2. The lowest BCUT2D eigenvalue weighted by Gasteiger charge is -2.23. The van der Waals surface area contributed by atoms with Crippen LogP contribution in [0.25, 0.3) is 0 Å². The maximum absolute atomic E-state index is 11.7. The van der Waals surface area contributed by atoms with Crippen molar-refractivity contribution in [2.45, 2.75) is 58.7 Å². The lowest BCUT2D eigenvalue weighted by molar-refractivity contribution is 0.0522. The van der Waals surface area contributed by atoms with E-state index in [1.165, 1.54) is 11.1 Å². The number of fused-ring (bicyclic) bond motifs is 1. The number of carbonyl (C=O) groups is 1. The highest BCUT2D eigenvalue weighted by atomic mass is 16.6. The molecule has 2 rings (SSSR count). The summed E-state index contributed by atoms with van der Waals surface area (Å²) in [6.07, 6.45) is 0.597. The van der Waals surface area contributed by atoms with E-state index in [4.69, 9.17) is 9.47 Å². The van der Waals surface area contributed by atoms with Crippen LogP contribution in [0.3, 0.4) is 0 Å². The second kappa shape index (κ2) is 7.21. The zero-order valence-corrected chi connectivity index (χ0v) is 14.7. The van der Waals surface area contributed by atoms with Crippen LogP contribution in [0, 0.1) is 0 Å². The van der Waals surface area contributed by atoms with Crippen LogP contribution in [0.2, 0.25) is 0 Å². The summed E-state index contributed by atoms with van der Waals surface area (Å²) in [7, 11) is 0. The van der Waals surface area contributed by atoms with E-state index in [9.17, 15) is 4.79 Å². The van der Waals surface area contributed by atoms with Gasteiger partial charge in [0.25, 0.3) is 0 Å². The molecule has 1 amide bonds. The Hall–Kier alpha value is -1.75. The summed E-state index contributed by atoms with van der Waals surface area (Å²) in [4.78, 5) is 11.7. The van der Waals surface area contributed by atoms with Gasteiger partial charge in [0.2, 0.25) is 0 Å². The predicted octanol–water partition coefficient (Wildman–Crippen LogP) is 3.19. The molecule has 23 heavy (non-hydrogen) atoms. The first kappa shape index (κ1) is 17.6. The highest BCUT2D eigenvalue weighted by Crippen LogP contribution is 2.28. The highest BCUT2D eigenvalue weighted by molar-refractivity contribution is 5.67. The Morgan fingerprint density at radius 3 is 2.78 bits per heavy atom. The van der Waals surface area contributed by atoms with Gasteiger partial charge in [-0.2, -0.15) is 0 Å². The number of hydrogen-bond donors (Lipinski definition) is 2. The molecular weight excluding hydrogens is 292 g/mol. The first-order chi connectivity index (χ1) is 10.7. The van der Waals surface area contributed by atoms with Crippen LogP contribution in [-0.2, 0) is 11.2 Å². The molecule has 0 aromatic heterocycles. The Labute approximate surface area is 138 Å². The molecule has 5 heteroatoms. The predicted molar refractivity (Wildman–Crippen MR) is 90.9 cm³/mol. The highest BCUT2D eigenvalue weighted by Gasteiger charge is 2.18. The number of alkyl carbamates (subject to hydrolysis) is 1. The van der Waals surface area contributed by atoms with Gasteiger partial charge in [-0.3, -0.25) is 0 Å². The topological polar surface area (TPSA) is 59.6 Å². The van der Waals surface area contributed by atoms with E-state index >= 15 is 0 Å². The molecule has 0 bridgehead atoms. The average molecular weight is 320 g/mol. The van der Waals surface area contributed by atoms with Crippen molar-refractivity contribution in [3.63, 3.8) is 0 Å². The molecule has 2 atom stereocenters. The van der Waals surface area contributed by atoms with Crippen LogP contribution >= 0.6 is 0 Å². The van der Waals surface area contributed by atoms with Crippen molar-refractivity contribution in [2.24, 2.45) is 0 Å². The van der Waals surface area contributed by atoms with Gasteiger partial charge in [-0.1, -0.05) is 12.1 Å². The Kier molecular flexibility index (Phi) is 5.52. The van der Waals surface area contributed by atoms with Crippen molar-refractivity contribution in [3.05, 3.63) is 29.3 Å². The van der Waals surface area contributed by atoms with Crippen molar-refractivity contribution < 1.29 is 14.3 Å². The fourth-order valence-corrected chi connectivity index (χ4v) is 2.61. The minimum atomic E-state index is -0.472. The Bertz CT molecular complexity index is 552. The van der Waals surface area contributed by atoms with Crippen LogP contribution in [0.15, 0.2) is 18.2 Å². The molecule has 1 aromatic rings. The zero-order valence-electron chi connectivity index (χ0n) is 14.7. The first-order valence-corrected chi connectivity index (χ1v) is 8.23. The van der Waals surface area contributed by atoms with Gasteiger partial charge in [0.15, 0.2) is 0 Å². The van der Waals surface area contributed by atoms with Gasteiger partial charge in [0, 0.05) is 25.0 Å². The number of hydrogen-bond acceptors (Lipinski definition) is 4. The SMILES string of the molecule is CC(CNC(=O)OC(C)(C)C)NC(C)c1ccc2c(c1)CCO2. The fraction of sp³-hybridized carbons (Fsp3) is 0.611. The molecule has 5 nitrogen and oxygen atoms in total. The van der Waals surface area contributed by atoms with Crippen molar-refractivity contribution in [2.75, 3.05) is 13.2 Å². The number of carbonyl (C=O) groups excluding carboxylic acids is 1. The van der Waals surface area contributed by atoms with E-state index in [1.54, 1.807) is 0 Å². The maximum atomic E-state index is 11.7. The largest absolute Gasteiger partial charge is 0.493 e. The molecule has 128 valence electrons.